The van der Waals surface area contributed by atoms with Gasteiger partial charge < -0.3 is 31.1 Å². The number of nitrogens with one attached hydrogen (secondary N) is 4. The van der Waals surface area contributed by atoms with Crippen LogP contribution in [0.5, 0.6) is 0 Å². The van der Waals surface area contributed by atoms with E-state index in [1.165, 1.54) is 6.08 Å². The Kier molecular flexibility index (Phi) is 12.9. The molecular weight excluding hydrogens is 700 g/mol. The summed E-state index contributed by atoms with van der Waals surface area (Å²) >= 11 is 0. The molecule has 0 bridgehead atoms. The fourth-order valence-corrected chi connectivity index (χ4v) is 9.06. The summed E-state index contributed by atoms with van der Waals surface area (Å²) in [6.07, 6.45) is 6.52. The molecule has 306 valence electrons. The number of hydrogen-bond donors (Lipinski definition) is 4. The number of likely N-dealkylation sites (tertiary alicyclic amines) is 1. The van der Waals surface area contributed by atoms with Crippen molar-refractivity contribution in [2.45, 2.75) is 144 Å². The van der Waals surface area contributed by atoms with Crippen LogP contribution in [0.3, 0.4) is 0 Å². The van der Waals surface area contributed by atoms with Crippen LogP contribution in [0.2, 0.25) is 0 Å². The highest BCUT2D eigenvalue weighted by atomic mass is 16.2. The van der Waals surface area contributed by atoms with Crippen molar-refractivity contribution in [2.24, 2.45) is 28.1 Å². The Morgan fingerprint density at radius 1 is 0.945 bits per heavy atom. The Labute approximate surface area is 326 Å². The molecule has 1 unspecified atom stereocenters. The number of carbonyl (C=O) groups excluding carboxylic acids is 5. The zero-order chi connectivity index (χ0) is 41.4. The predicted octanol–water partition coefficient (Wildman–Crippen LogP) is 3.71. The molecule has 5 amide bonds. The molecule has 13 nitrogen and oxygen atoms in total. The molecule has 1 aliphatic heterocycles. The van der Waals surface area contributed by atoms with Gasteiger partial charge in [0.2, 0.25) is 28.5 Å². The lowest BCUT2D eigenvalue weighted by atomic mass is 9.70. The highest BCUT2D eigenvalue weighted by molar-refractivity contribution is 6.38. The Hall–Kier alpha value is -4.03. The first kappa shape index (κ1) is 43.7. The van der Waals surface area contributed by atoms with Gasteiger partial charge in [-0.2, -0.15) is 0 Å². The van der Waals surface area contributed by atoms with Crippen molar-refractivity contribution < 1.29 is 24.0 Å². The smallest absolute Gasteiger partial charge is 0.315 e. The maximum absolute atomic E-state index is 14.9. The number of carbonyl (C=O) groups is 5. The highest BCUT2D eigenvalue weighted by Gasteiger charge is 2.70. The summed E-state index contributed by atoms with van der Waals surface area (Å²) in [6.45, 7) is 23.9. The average molecular weight is 767 g/mol. The third-order valence-corrected chi connectivity index (χ3v) is 12.6. The van der Waals surface area contributed by atoms with E-state index in [-0.39, 0.29) is 42.7 Å². The van der Waals surface area contributed by atoms with Gasteiger partial charge in [-0.05, 0) is 52.8 Å². The van der Waals surface area contributed by atoms with Crippen LogP contribution in [0, 0.1) is 28.1 Å². The molecule has 2 aliphatic carbocycles. The molecule has 4 N–H and O–H groups in total. The number of hydrogen-bond acceptors (Lipinski definition) is 8. The van der Waals surface area contributed by atoms with E-state index < -0.39 is 74.9 Å². The summed E-state index contributed by atoms with van der Waals surface area (Å²) in [5.41, 5.74) is -1.97. The van der Waals surface area contributed by atoms with Gasteiger partial charge in [-0.3, -0.25) is 28.8 Å². The summed E-state index contributed by atoms with van der Waals surface area (Å²) in [5.74, 6) is -2.45. The predicted molar refractivity (Wildman–Crippen MR) is 215 cm³/mol. The van der Waals surface area contributed by atoms with Crippen molar-refractivity contribution >= 4 is 35.2 Å². The summed E-state index contributed by atoms with van der Waals surface area (Å²) in [6, 6.07) is -3.89. The van der Waals surface area contributed by atoms with Crippen LogP contribution < -0.4 is 37.0 Å². The lowest BCUT2D eigenvalue weighted by Gasteiger charge is -2.43. The number of fused-ring (bicyclic) bond motifs is 1. The fraction of sp³-hybridized carbons (Fsp3) is 0.738. The van der Waals surface area contributed by atoms with Crippen LogP contribution in [0.25, 0.3) is 0 Å². The minimum atomic E-state index is -1.05. The van der Waals surface area contributed by atoms with Crippen LogP contribution in [0.1, 0.15) is 120 Å². The van der Waals surface area contributed by atoms with Crippen LogP contribution in [-0.4, -0.2) is 85.3 Å². The number of anilines is 1. The summed E-state index contributed by atoms with van der Waals surface area (Å²) < 4.78 is 0. The highest BCUT2D eigenvalue weighted by Crippen LogP contribution is 2.65. The number of nitrogens with zero attached hydrogens (tertiary/aromatic N) is 2. The van der Waals surface area contributed by atoms with Gasteiger partial charge in [0.25, 0.3) is 5.91 Å². The van der Waals surface area contributed by atoms with Gasteiger partial charge in [-0.1, -0.05) is 101 Å². The second-order valence-electron chi connectivity index (χ2n) is 19.3. The summed E-state index contributed by atoms with van der Waals surface area (Å²) in [4.78, 5) is 97.6. The molecule has 13 heteroatoms. The Bertz CT molecular complexity index is 1720. The van der Waals surface area contributed by atoms with Crippen LogP contribution >= 0.6 is 0 Å². The minimum Gasteiger partial charge on any atom is -0.369 e. The SMILES string of the molecule is C=CCNC(=O)C(=O)C(CCC)NC(=O)[C@@H]1[C@@H]2[C@H](CN1C(=O)[C@@H](NC(=O)N[C@H](CN(C)c1c(C(C)(C)C)c(=O)c1=O)C(C)(C)C)C1(C)CCCCC1)C2(C)C. The van der Waals surface area contributed by atoms with Gasteiger partial charge in [0, 0.05) is 32.2 Å². The van der Waals surface area contributed by atoms with Gasteiger partial charge in [0.15, 0.2) is 0 Å². The van der Waals surface area contributed by atoms with Crippen molar-refractivity contribution in [3.05, 3.63) is 38.7 Å². The van der Waals surface area contributed by atoms with E-state index in [2.05, 4.69) is 41.7 Å². The molecule has 0 spiro atoms. The Morgan fingerprint density at radius 3 is 2.11 bits per heavy atom. The van der Waals surface area contributed by atoms with Crippen molar-refractivity contribution in [2.75, 3.05) is 31.6 Å². The molecule has 3 fully saturated rings. The van der Waals surface area contributed by atoms with Crippen LogP contribution in [0.15, 0.2) is 22.2 Å². The van der Waals surface area contributed by atoms with E-state index in [9.17, 15) is 33.6 Å². The molecule has 0 radical (unpaired) electrons. The van der Waals surface area contributed by atoms with Crippen molar-refractivity contribution in [1.82, 2.24) is 26.2 Å². The van der Waals surface area contributed by atoms with Crippen molar-refractivity contribution in [3.63, 3.8) is 0 Å². The van der Waals surface area contributed by atoms with E-state index in [4.69, 9.17) is 0 Å². The second kappa shape index (κ2) is 16.2. The van der Waals surface area contributed by atoms with E-state index in [0.717, 1.165) is 19.3 Å². The van der Waals surface area contributed by atoms with Gasteiger partial charge >= 0.3 is 6.03 Å². The lowest BCUT2D eigenvalue weighted by Crippen LogP contribution is -2.63. The first-order chi connectivity index (χ1) is 25.4. The van der Waals surface area contributed by atoms with Gasteiger partial charge in [0.1, 0.15) is 12.1 Å². The minimum absolute atomic E-state index is 0.0613. The third-order valence-electron chi connectivity index (χ3n) is 12.6. The quantitative estimate of drug-likeness (QED) is 0.155. The number of urea groups is 1. The largest absolute Gasteiger partial charge is 0.369 e. The normalized spacial score (nSPS) is 23.1. The Morgan fingerprint density at radius 2 is 1.56 bits per heavy atom. The van der Waals surface area contributed by atoms with Gasteiger partial charge in [0.05, 0.1) is 17.8 Å². The fourth-order valence-electron chi connectivity index (χ4n) is 9.06. The number of ketones is 1. The molecule has 1 aromatic rings. The first-order valence-electron chi connectivity index (χ1n) is 20.1. The van der Waals surface area contributed by atoms with E-state index in [1.54, 1.807) is 16.8 Å². The molecule has 0 aromatic heterocycles. The van der Waals surface area contributed by atoms with Gasteiger partial charge in [-0.15, -0.1) is 6.58 Å². The summed E-state index contributed by atoms with van der Waals surface area (Å²) in [5, 5.41) is 11.5. The standard InChI is InChI=1S/C42H66N6O7/c1-13-18-25(31(49)36(53)43-21-14-2)44-35(52)30-27-24(41(27,9)10)22-48(30)37(54)34(42(11)19-16-15-17-20-42)46-38(55)45-26(39(3,4)5)23-47(12)29-28(40(6,7)8)32(50)33(29)51/h14,24-27,30,34H,2,13,15-23H2,1,3-12H3,(H,43,53)(H,44,52)(H2,45,46,55)/t24-,25?,26+,27-,30-,34+/m0/s1. The number of likely N-dealkylation sites (N-methyl/N-ethyl adjacent to an activating group) is 1. The molecular formula is C42H66N6O7. The molecule has 3 aliphatic rings. The van der Waals surface area contributed by atoms with Crippen molar-refractivity contribution in [1.29, 1.82) is 0 Å². The van der Waals surface area contributed by atoms with Crippen LogP contribution in [-0.2, 0) is 24.6 Å². The van der Waals surface area contributed by atoms with E-state index in [0.29, 0.717) is 37.1 Å². The molecule has 55 heavy (non-hydrogen) atoms. The third kappa shape index (κ3) is 9.01. The van der Waals surface area contributed by atoms with Gasteiger partial charge in [-0.25, -0.2) is 4.79 Å². The number of amides is 5. The number of Topliss-reactive ketones (excluding diaryl/α,β-unsaturated/α-hetero) is 1. The van der Waals surface area contributed by atoms with Crippen LogP contribution in [0.4, 0.5) is 10.5 Å². The molecule has 1 aromatic carbocycles. The molecule has 1 heterocycles. The Balaban J connectivity index is 1.60. The molecule has 6 atom stereocenters. The first-order valence-corrected chi connectivity index (χ1v) is 20.1. The summed E-state index contributed by atoms with van der Waals surface area (Å²) in [7, 11) is 1.75. The van der Waals surface area contributed by atoms with E-state index >= 15 is 0 Å². The zero-order valence-electron chi connectivity index (χ0n) is 35.1. The zero-order valence-corrected chi connectivity index (χ0v) is 35.1. The van der Waals surface area contributed by atoms with E-state index in [1.807, 2.05) is 55.4 Å². The average Bonchev–Trinajstić information content (AvgIpc) is 3.39. The maximum Gasteiger partial charge on any atom is 0.315 e. The lowest BCUT2D eigenvalue weighted by molar-refractivity contribution is -0.146. The monoisotopic (exact) mass is 766 g/mol. The molecule has 4 rings (SSSR count). The molecule has 1 saturated heterocycles. The van der Waals surface area contributed by atoms with Crippen molar-refractivity contribution in [3.8, 4) is 0 Å². The second-order valence-corrected chi connectivity index (χ2v) is 19.3. The maximum atomic E-state index is 14.9. The number of rotatable bonds is 15. The number of piperidine rings is 1. The topological polar surface area (TPSA) is 174 Å². The molecule has 2 saturated carbocycles.